The first-order valence-corrected chi connectivity index (χ1v) is 38.9. The van der Waals surface area contributed by atoms with Gasteiger partial charge in [0.05, 0.1) is 6.67 Å². The largest absolute Gasteiger partial charge is 0.508 e. The molecule has 1 saturated carbocycles. The molecule has 4 saturated heterocycles. The number of carbonyl (C=O) groups is 1. The summed E-state index contributed by atoms with van der Waals surface area (Å²) in [4.78, 5) is 19.3. The number of hydrogen-bond acceptors (Lipinski definition) is 12. The maximum absolute atomic E-state index is 13.1. The monoisotopic (exact) mass is 1450 g/mol. The Bertz CT molecular complexity index is 4350. The summed E-state index contributed by atoms with van der Waals surface area (Å²) in [6.07, 6.45) is 7.67. The van der Waals surface area contributed by atoms with Gasteiger partial charge in [-0.2, -0.15) is 0 Å². The van der Waals surface area contributed by atoms with Crippen LogP contribution in [0, 0.1) is 23.7 Å². The molecule has 4 heterocycles. The van der Waals surface area contributed by atoms with Crippen LogP contribution in [0.3, 0.4) is 0 Å². The van der Waals surface area contributed by atoms with Crippen LogP contribution >= 0.6 is 0 Å². The summed E-state index contributed by atoms with van der Waals surface area (Å²) < 4.78 is 31.0. The second-order valence-electron chi connectivity index (χ2n) is 30.3. The van der Waals surface area contributed by atoms with Crippen LogP contribution in [0.2, 0.25) is 0 Å². The molecule has 0 bridgehead atoms. The number of allylic oxidation sites excluding steroid dienone is 3. The van der Waals surface area contributed by atoms with Gasteiger partial charge in [0, 0.05) is 65.6 Å². The molecule has 1 aliphatic carbocycles. The lowest BCUT2D eigenvalue weighted by atomic mass is 9.79. The average Bonchev–Trinajstić information content (AvgIpc) is 1.21. The van der Waals surface area contributed by atoms with E-state index in [4.69, 9.17) is 14.2 Å². The Hall–Kier alpha value is -9.80. The average molecular weight is 1460 g/mol. The first-order valence-electron chi connectivity index (χ1n) is 38.9. The minimum Gasteiger partial charge on any atom is -0.508 e. The van der Waals surface area contributed by atoms with E-state index in [1.807, 2.05) is 141 Å². The fourth-order valence-electron chi connectivity index (χ4n) is 15.9. The van der Waals surface area contributed by atoms with E-state index in [0.29, 0.717) is 56.7 Å². The Kier molecular flexibility index (Phi) is 27.6. The number of halogens is 1. The van der Waals surface area contributed by atoms with Gasteiger partial charge in [-0.05, 0) is 265 Å². The number of aromatic hydroxyl groups is 3. The summed E-state index contributed by atoms with van der Waals surface area (Å²) in [5.41, 5.74) is 17.5. The molecule has 0 aromatic heterocycles. The van der Waals surface area contributed by atoms with Crippen LogP contribution in [0.15, 0.2) is 237 Å². The van der Waals surface area contributed by atoms with Gasteiger partial charge in [0.2, 0.25) is 0 Å². The van der Waals surface area contributed by atoms with Crippen LogP contribution in [-0.4, -0.2) is 150 Å². The van der Waals surface area contributed by atoms with Gasteiger partial charge in [0.25, 0.3) is 0 Å². The normalized spacial score (nSPS) is 18.4. The van der Waals surface area contributed by atoms with Crippen molar-refractivity contribution in [1.29, 1.82) is 0 Å². The molecule has 1 amide bonds. The highest BCUT2D eigenvalue weighted by atomic mass is 19.1. The molecule has 13 nitrogen and oxygen atoms in total. The maximum atomic E-state index is 13.1. The van der Waals surface area contributed by atoms with E-state index < -0.39 is 5.60 Å². The number of nitrogens with one attached hydrogen (secondary N) is 1. The lowest BCUT2D eigenvalue weighted by molar-refractivity contribution is 0.0273. The van der Waals surface area contributed by atoms with Gasteiger partial charge in [0.15, 0.2) is 0 Å². The Labute approximate surface area is 638 Å². The number of ether oxygens (including phenoxy) is 3. The molecule has 4 aliphatic heterocycles. The SMILES string of the molecule is CC(C)(C)OC(=O)N1C[C@H]2CN(CCOc3ccc(/C(=C(/CCCO)c4ccccc4)c4ccc(O)cc4)cc3)C[C@H]2C1.OCCC/C(=C(\c1ccc(O)cc1)c1ccc(OCCN2C[C@H]3CNC[C@H]3C2)cc1)c1ccccc1.Oc1ccc(/C(=C(\CCCF)c2ccccc2)c2ccc(C3CCC3)cc2)cc1. The number of rotatable bonds is 27. The van der Waals surface area contributed by atoms with Gasteiger partial charge in [0.1, 0.15) is 47.6 Å². The summed E-state index contributed by atoms with van der Waals surface area (Å²) in [6, 6.07) is 78.3. The van der Waals surface area contributed by atoms with E-state index in [2.05, 4.69) is 100 Å². The van der Waals surface area contributed by atoms with Crippen molar-refractivity contribution >= 4 is 39.5 Å². The third kappa shape index (κ3) is 21.1. The van der Waals surface area contributed by atoms with Gasteiger partial charge < -0.3 is 50.0 Å². The first kappa shape index (κ1) is 77.8. The molecule has 5 aliphatic rings. The summed E-state index contributed by atoms with van der Waals surface area (Å²) in [5.74, 6) is 5.70. The molecular weight excluding hydrogens is 1350 g/mol. The molecule has 108 heavy (non-hydrogen) atoms. The number of likely N-dealkylation sites (tertiary alicyclic amines) is 3. The fraction of sp³-hybridized carbons (Fsp3) is 0.351. The third-order valence-electron chi connectivity index (χ3n) is 21.6. The second kappa shape index (κ2) is 38.3. The maximum Gasteiger partial charge on any atom is 0.410 e. The number of aliphatic hydroxyl groups excluding tert-OH is 2. The van der Waals surface area contributed by atoms with Gasteiger partial charge >= 0.3 is 6.09 Å². The quantitative estimate of drug-likeness (QED) is 0.0270. The highest BCUT2D eigenvalue weighted by molar-refractivity contribution is 6.01. The molecule has 14 rings (SSSR count). The van der Waals surface area contributed by atoms with Crippen molar-refractivity contribution in [3.8, 4) is 28.7 Å². The minimum atomic E-state index is -0.468. The zero-order valence-electron chi connectivity index (χ0n) is 63.0. The molecule has 5 fully saturated rings. The molecule has 14 heteroatoms. The van der Waals surface area contributed by atoms with Crippen LogP contribution in [0.25, 0.3) is 33.4 Å². The van der Waals surface area contributed by atoms with E-state index >= 15 is 0 Å². The van der Waals surface area contributed by atoms with Gasteiger partial charge in [-0.15, -0.1) is 0 Å². The topological polar surface area (TPSA) is 168 Å². The Balaban J connectivity index is 0.000000154. The molecule has 0 spiro atoms. The van der Waals surface area contributed by atoms with Crippen molar-refractivity contribution in [3.63, 3.8) is 0 Å². The third-order valence-corrected chi connectivity index (χ3v) is 21.6. The first-order chi connectivity index (χ1) is 52.7. The molecule has 9 aromatic rings. The van der Waals surface area contributed by atoms with Crippen LogP contribution in [0.4, 0.5) is 9.18 Å². The Morgan fingerprint density at radius 2 is 0.759 bits per heavy atom. The molecule has 0 radical (unpaired) electrons. The van der Waals surface area contributed by atoms with E-state index in [-0.39, 0.29) is 43.2 Å². The summed E-state index contributed by atoms with van der Waals surface area (Å²) >= 11 is 0. The predicted molar refractivity (Wildman–Crippen MR) is 434 cm³/mol. The number of amides is 1. The lowest BCUT2D eigenvalue weighted by Gasteiger charge is -2.26. The van der Waals surface area contributed by atoms with Crippen LogP contribution in [0.5, 0.6) is 28.7 Å². The van der Waals surface area contributed by atoms with Gasteiger partial charge in [-0.3, -0.25) is 14.2 Å². The standard InChI is InChI=1S/C36H44N2O5.C31H36N2O3.C27H27FO/c1-36(2,3)43-35(41)38-24-29-22-37(23-30(29)25-38)19-21-42-32-17-13-28(14-18-32)34(27-11-15-31(40)16-12-27)33(10-7-20-39)26-8-5-4-6-9-26;34-17-4-7-30(23-5-2-1-3-6-23)31(24-8-12-28(35)13-9-24)25-10-14-29(15-11-25)36-18-16-33-21-26-19-32-20-27(26)22-33;28-19-5-10-26(22-6-2-1-3-7-22)27(24-15-17-25(29)18-16-24)23-13-11-21(12-14-23)20-8-4-9-20/h4-6,8-9,11-18,29-30,39-40H,7,10,19-25H2,1-3H3;1-3,5-6,8-15,26-27,32,34-35H,4,7,16-22H2;1-3,6-7,11-18,20,29H,4-5,8-10,19H2/b34-33-;31-30-;27-26+/t29-,30+;26-,27+;. The Morgan fingerprint density at radius 3 is 1.08 bits per heavy atom. The van der Waals surface area contributed by atoms with E-state index in [9.17, 15) is 34.7 Å². The zero-order valence-corrected chi connectivity index (χ0v) is 63.0. The van der Waals surface area contributed by atoms with Crippen LogP contribution < -0.4 is 14.8 Å². The molecule has 0 unspecified atom stereocenters. The van der Waals surface area contributed by atoms with Crippen LogP contribution in [0.1, 0.15) is 140 Å². The number of phenols is 3. The van der Waals surface area contributed by atoms with E-state index in [1.54, 1.807) is 36.4 Å². The smallest absolute Gasteiger partial charge is 0.410 e. The van der Waals surface area contributed by atoms with Gasteiger partial charge in [-0.25, -0.2) is 4.79 Å². The molecule has 6 N–H and O–H groups in total. The summed E-state index contributed by atoms with van der Waals surface area (Å²) in [6.45, 7) is 16.9. The number of phenolic OH excluding ortho intramolecular Hbond substituents is 3. The summed E-state index contributed by atoms with van der Waals surface area (Å²) in [7, 11) is 0. The minimum absolute atomic E-state index is 0.118. The van der Waals surface area contributed by atoms with E-state index in [0.717, 1.165) is 166 Å². The van der Waals surface area contributed by atoms with Gasteiger partial charge in [-0.1, -0.05) is 182 Å². The number of carbonyl (C=O) groups excluding carboxylic acids is 1. The fourth-order valence-corrected chi connectivity index (χ4v) is 15.9. The molecule has 9 aromatic carbocycles. The van der Waals surface area contributed by atoms with Crippen molar-refractivity contribution in [2.75, 3.05) is 98.5 Å². The summed E-state index contributed by atoms with van der Waals surface area (Å²) in [5, 5.41) is 52.3. The highest BCUT2D eigenvalue weighted by Crippen LogP contribution is 2.42. The second-order valence-corrected chi connectivity index (χ2v) is 30.3. The number of hydrogen-bond donors (Lipinski definition) is 6. The van der Waals surface area contributed by atoms with Crippen molar-refractivity contribution in [1.82, 2.24) is 20.0 Å². The number of fused-ring (bicyclic) bond motifs is 2. The van der Waals surface area contributed by atoms with Crippen LogP contribution in [-0.2, 0) is 4.74 Å². The predicted octanol–water partition coefficient (Wildman–Crippen LogP) is 18.3. The zero-order chi connectivity index (χ0) is 75.2. The van der Waals surface area contributed by atoms with Crippen molar-refractivity contribution < 1.29 is 48.9 Å². The van der Waals surface area contributed by atoms with Crippen molar-refractivity contribution in [3.05, 3.63) is 292 Å². The highest BCUT2D eigenvalue weighted by Gasteiger charge is 2.43. The lowest BCUT2D eigenvalue weighted by Crippen LogP contribution is -2.38. The Morgan fingerprint density at radius 1 is 0.426 bits per heavy atom. The van der Waals surface area contributed by atoms with Crippen molar-refractivity contribution in [2.24, 2.45) is 23.7 Å². The molecular formula is C94H107FN4O9. The molecule has 4 atom stereocenters. The number of nitrogens with zero attached hydrogens (tertiary/aromatic N) is 3. The number of benzene rings is 9. The van der Waals surface area contributed by atoms with E-state index in [1.165, 1.54) is 43.5 Å². The van der Waals surface area contributed by atoms with Crippen molar-refractivity contribution in [2.45, 2.75) is 90.1 Å². The number of alkyl halides is 1. The molecule has 564 valence electrons. The number of aliphatic hydroxyl groups is 2.